The van der Waals surface area contributed by atoms with Crippen molar-refractivity contribution in [2.24, 2.45) is 5.10 Å². The van der Waals surface area contributed by atoms with Gasteiger partial charge in [0, 0.05) is 23.2 Å². The molecule has 0 unspecified atom stereocenters. The molecular weight excluding hydrogens is 402 g/mol. The van der Waals surface area contributed by atoms with Crippen molar-refractivity contribution >= 4 is 35.3 Å². The zero-order valence-electron chi connectivity index (χ0n) is 16.3. The van der Waals surface area contributed by atoms with Crippen molar-refractivity contribution < 1.29 is 14.3 Å². The van der Waals surface area contributed by atoms with Crippen LogP contribution in [0.4, 0.5) is 5.69 Å². The van der Waals surface area contributed by atoms with Gasteiger partial charge in [-0.1, -0.05) is 41.9 Å². The highest BCUT2D eigenvalue weighted by molar-refractivity contribution is 6.30. The van der Waals surface area contributed by atoms with Crippen LogP contribution in [0, 0.1) is 0 Å². The first-order valence-corrected chi connectivity index (χ1v) is 9.56. The summed E-state index contributed by atoms with van der Waals surface area (Å²) in [6.45, 7) is 1.82. The number of benzene rings is 3. The molecule has 0 bridgehead atoms. The summed E-state index contributed by atoms with van der Waals surface area (Å²) >= 11 is 5.89. The van der Waals surface area contributed by atoms with Crippen molar-refractivity contribution in [2.45, 2.75) is 13.5 Å². The summed E-state index contributed by atoms with van der Waals surface area (Å²) in [5.41, 5.74) is 5.19. The maximum atomic E-state index is 12.3. The number of ether oxygens (including phenoxy) is 1. The Kier molecular flexibility index (Phi) is 7.19. The molecule has 2 N–H and O–H groups in total. The fraction of sp³-hybridized carbons (Fsp3) is 0.0870. The summed E-state index contributed by atoms with van der Waals surface area (Å²) in [7, 11) is 0. The van der Waals surface area contributed by atoms with Gasteiger partial charge in [-0.15, -0.1) is 0 Å². The van der Waals surface area contributed by atoms with Crippen molar-refractivity contribution in [3.63, 3.8) is 0 Å². The molecule has 6 nitrogen and oxygen atoms in total. The van der Waals surface area contributed by atoms with Crippen LogP contribution < -0.4 is 15.5 Å². The van der Waals surface area contributed by atoms with E-state index in [4.69, 9.17) is 16.3 Å². The fourth-order valence-electron chi connectivity index (χ4n) is 2.60. The lowest BCUT2D eigenvalue weighted by atomic mass is 10.2. The van der Waals surface area contributed by atoms with Gasteiger partial charge in [-0.3, -0.25) is 9.59 Å². The molecule has 0 radical (unpaired) electrons. The molecule has 0 atom stereocenters. The van der Waals surface area contributed by atoms with Crippen molar-refractivity contribution in [1.82, 2.24) is 5.43 Å². The molecule has 3 aromatic rings. The molecule has 0 aliphatic heterocycles. The van der Waals surface area contributed by atoms with Crippen LogP contribution in [0.5, 0.6) is 5.75 Å². The molecule has 0 aliphatic carbocycles. The molecule has 0 spiro atoms. The maximum Gasteiger partial charge on any atom is 0.271 e. The smallest absolute Gasteiger partial charge is 0.271 e. The van der Waals surface area contributed by atoms with Crippen LogP contribution >= 0.6 is 11.6 Å². The Labute approximate surface area is 179 Å². The van der Waals surface area contributed by atoms with Crippen molar-refractivity contribution in [1.29, 1.82) is 0 Å². The van der Waals surface area contributed by atoms with E-state index in [0.717, 1.165) is 11.1 Å². The second-order valence-corrected chi connectivity index (χ2v) is 6.89. The second-order valence-electron chi connectivity index (χ2n) is 6.45. The minimum atomic E-state index is -0.381. The molecule has 0 saturated heterocycles. The molecule has 7 heteroatoms. The fourth-order valence-corrected chi connectivity index (χ4v) is 2.73. The number of hydrogen-bond acceptors (Lipinski definition) is 4. The van der Waals surface area contributed by atoms with E-state index >= 15 is 0 Å². The van der Waals surface area contributed by atoms with Gasteiger partial charge in [0.15, 0.2) is 0 Å². The average Bonchev–Trinajstić information content (AvgIpc) is 2.73. The van der Waals surface area contributed by atoms with E-state index in [0.29, 0.717) is 28.6 Å². The van der Waals surface area contributed by atoms with Crippen LogP contribution in [0.3, 0.4) is 0 Å². The topological polar surface area (TPSA) is 79.8 Å². The highest BCUT2D eigenvalue weighted by atomic mass is 35.5. The molecule has 2 amide bonds. The van der Waals surface area contributed by atoms with Crippen molar-refractivity contribution in [2.75, 3.05) is 5.32 Å². The number of anilines is 1. The third kappa shape index (κ3) is 6.46. The minimum absolute atomic E-state index is 0.205. The zero-order valence-corrected chi connectivity index (χ0v) is 17.0. The summed E-state index contributed by atoms with van der Waals surface area (Å²) in [4.78, 5) is 23.4. The van der Waals surface area contributed by atoms with Gasteiger partial charge in [0.2, 0.25) is 5.91 Å². The summed E-state index contributed by atoms with van der Waals surface area (Å²) in [5, 5.41) is 7.31. The highest BCUT2D eigenvalue weighted by Gasteiger charge is 2.06. The third-order valence-electron chi connectivity index (χ3n) is 4.00. The number of carbonyl (C=O) groups is 2. The number of nitrogens with one attached hydrogen (secondary N) is 2. The van der Waals surface area contributed by atoms with E-state index in [1.165, 1.54) is 13.1 Å². The van der Waals surface area contributed by atoms with E-state index in [-0.39, 0.29) is 11.8 Å². The maximum absolute atomic E-state index is 12.3. The summed E-state index contributed by atoms with van der Waals surface area (Å²) in [6.07, 6.45) is 1.53. The molecule has 0 heterocycles. The average molecular weight is 422 g/mol. The monoisotopic (exact) mass is 421 g/mol. The van der Waals surface area contributed by atoms with Crippen LogP contribution in [0.2, 0.25) is 5.02 Å². The Morgan fingerprint density at radius 1 is 1.03 bits per heavy atom. The number of amides is 2. The van der Waals surface area contributed by atoms with Crippen LogP contribution in [0.1, 0.15) is 28.4 Å². The first kappa shape index (κ1) is 21.1. The van der Waals surface area contributed by atoms with Gasteiger partial charge in [0.25, 0.3) is 5.91 Å². The molecule has 0 saturated carbocycles. The van der Waals surface area contributed by atoms with Crippen LogP contribution in [-0.2, 0) is 11.4 Å². The number of carbonyl (C=O) groups excluding carboxylic acids is 2. The number of hydrazone groups is 1. The number of nitrogens with zero attached hydrogens (tertiary/aromatic N) is 1. The standard InChI is InChI=1S/C23H20ClN3O3/c1-16(28)26-21-6-3-5-19(13-21)23(29)27-25-14-18-4-2-7-22(12-18)30-15-17-8-10-20(24)11-9-17/h2-14H,15H2,1H3,(H,26,28)(H,27,29). The lowest BCUT2D eigenvalue weighted by molar-refractivity contribution is -0.114. The van der Waals surface area contributed by atoms with Gasteiger partial charge < -0.3 is 10.1 Å². The Hall–Kier alpha value is -3.64. The Bertz CT molecular complexity index is 1070. The first-order valence-electron chi connectivity index (χ1n) is 9.18. The lowest BCUT2D eigenvalue weighted by Gasteiger charge is -2.07. The summed E-state index contributed by atoms with van der Waals surface area (Å²) in [5.74, 6) is 0.0978. The van der Waals surface area contributed by atoms with Crippen LogP contribution in [0.25, 0.3) is 0 Å². The van der Waals surface area contributed by atoms with Gasteiger partial charge in [0.1, 0.15) is 12.4 Å². The molecular formula is C23H20ClN3O3. The van der Waals surface area contributed by atoms with Gasteiger partial charge in [-0.2, -0.15) is 5.10 Å². The number of halogens is 1. The lowest BCUT2D eigenvalue weighted by Crippen LogP contribution is -2.18. The molecule has 0 aliphatic rings. The van der Waals surface area contributed by atoms with Gasteiger partial charge in [-0.05, 0) is 53.6 Å². The van der Waals surface area contributed by atoms with Crippen LogP contribution in [0.15, 0.2) is 77.9 Å². The molecule has 152 valence electrons. The molecule has 0 fully saturated rings. The second kappa shape index (κ2) is 10.2. The van der Waals surface area contributed by atoms with Crippen molar-refractivity contribution in [3.05, 3.63) is 94.5 Å². The number of rotatable bonds is 7. The Morgan fingerprint density at radius 2 is 1.80 bits per heavy atom. The predicted octanol–water partition coefficient (Wildman–Crippen LogP) is 4.64. The highest BCUT2D eigenvalue weighted by Crippen LogP contribution is 2.16. The van der Waals surface area contributed by atoms with Crippen molar-refractivity contribution in [3.8, 4) is 5.75 Å². The van der Waals surface area contributed by atoms with E-state index in [2.05, 4.69) is 15.8 Å². The molecule has 3 aromatic carbocycles. The van der Waals surface area contributed by atoms with Crippen LogP contribution in [-0.4, -0.2) is 18.0 Å². The summed E-state index contributed by atoms with van der Waals surface area (Å²) < 4.78 is 5.79. The van der Waals surface area contributed by atoms with Gasteiger partial charge >= 0.3 is 0 Å². The predicted molar refractivity (Wildman–Crippen MR) is 118 cm³/mol. The Balaban J connectivity index is 1.57. The molecule has 3 rings (SSSR count). The quantitative estimate of drug-likeness (QED) is 0.430. The minimum Gasteiger partial charge on any atom is -0.489 e. The zero-order chi connectivity index (χ0) is 21.3. The normalized spacial score (nSPS) is 10.6. The number of hydrogen-bond donors (Lipinski definition) is 2. The van der Waals surface area contributed by atoms with E-state index in [1.807, 2.05) is 48.5 Å². The largest absolute Gasteiger partial charge is 0.489 e. The van der Waals surface area contributed by atoms with E-state index in [1.54, 1.807) is 24.3 Å². The van der Waals surface area contributed by atoms with Gasteiger partial charge in [-0.25, -0.2) is 5.43 Å². The molecule has 30 heavy (non-hydrogen) atoms. The Morgan fingerprint density at radius 3 is 2.57 bits per heavy atom. The SMILES string of the molecule is CC(=O)Nc1cccc(C(=O)NN=Cc2cccc(OCc3ccc(Cl)cc3)c2)c1. The van der Waals surface area contributed by atoms with Gasteiger partial charge in [0.05, 0.1) is 6.21 Å². The van der Waals surface area contributed by atoms with E-state index < -0.39 is 0 Å². The molecule has 0 aromatic heterocycles. The third-order valence-corrected chi connectivity index (χ3v) is 4.25. The summed E-state index contributed by atoms with van der Waals surface area (Å²) in [6, 6.07) is 21.4. The first-order chi connectivity index (χ1) is 14.5. The van der Waals surface area contributed by atoms with E-state index in [9.17, 15) is 9.59 Å².